The molecule has 9 heteroatoms. The zero-order valence-electron chi connectivity index (χ0n) is 17.9. The second-order valence-electron chi connectivity index (χ2n) is 7.27. The molecule has 8 nitrogen and oxygen atoms in total. The summed E-state index contributed by atoms with van der Waals surface area (Å²) < 4.78 is 7.14. The topological polar surface area (TPSA) is 79.6 Å². The van der Waals surface area contributed by atoms with E-state index in [0.717, 1.165) is 76.1 Å². The number of methoxy groups -OCH3 is 1. The first kappa shape index (κ1) is 25.1. The van der Waals surface area contributed by atoms with Gasteiger partial charge in [0, 0.05) is 53.0 Å². The van der Waals surface area contributed by atoms with Gasteiger partial charge in [0.1, 0.15) is 12.4 Å². The molecule has 162 valence electrons. The van der Waals surface area contributed by atoms with Crippen molar-refractivity contribution in [2.75, 3.05) is 39.9 Å². The minimum absolute atomic E-state index is 0. The lowest BCUT2D eigenvalue weighted by Gasteiger charge is -2.33. The molecule has 0 atom stereocenters. The molecule has 0 bridgehead atoms. The number of hydrogen-bond acceptors (Lipinski definition) is 5. The Balaban J connectivity index is 0.00000392. The van der Waals surface area contributed by atoms with Crippen LogP contribution in [0.4, 0.5) is 0 Å². The lowest BCUT2D eigenvalue weighted by Crippen LogP contribution is -2.49. The molecule has 0 spiro atoms. The van der Waals surface area contributed by atoms with E-state index in [9.17, 15) is 0 Å². The minimum Gasteiger partial charge on any atom is -0.385 e. The molecule has 28 heavy (non-hydrogen) atoms. The molecule has 1 aliphatic heterocycles. The van der Waals surface area contributed by atoms with Crippen molar-refractivity contribution in [2.45, 2.75) is 58.5 Å². The molecular weight excluding hydrogens is 469 g/mol. The van der Waals surface area contributed by atoms with Crippen LogP contribution in [-0.4, -0.2) is 71.6 Å². The van der Waals surface area contributed by atoms with Gasteiger partial charge in [0.15, 0.2) is 11.8 Å². The number of aromatic nitrogens is 3. The zero-order valence-corrected chi connectivity index (χ0v) is 20.2. The quantitative estimate of drug-likeness (QED) is 0.219. The van der Waals surface area contributed by atoms with Crippen molar-refractivity contribution >= 4 is 29.9 Å². The number of rotatable bonds is 10. The molecule has 0 aliphatic carbocycles. The summed E-state index contributed by atoms with van der Waals surface area (Å²) in [5, 5.41) is 15.4. The Morgan fingerprint density at radius 3 is 2.61 bits per heavy atom. The van der Waals surface area contributed by atoms with E-state index >= 15 is 0 Å². The van der Waals surface area contributed by atoms with Gasteiger partial charge in [0.25, 0.3) is 0 Å². The van der Waals surface area contributed by atoms with Crippen LogP contribution in [0.15, 0.2) is 4.99 Å². The molecule has 1 fully saturated rings. The first-order chi connectivity index (χ1) is 13.1. The first-order valence-corrected chi connectivity index (χ1v) is 10.2. The number of ether oxygens (including phenoxy) is 1. The molecule has 1 aliphatic rings. The number of likely N-dealkylation sites (tertiary alicyclic amines) is 1. The Morgan fingerprint density at radius 2 is 2.00 bits per heavy atom. The summed E-state index contributed by atoms with van der Waals surface area (Å²) >= 11 is 0. The Labute approximate surface area is 186 Å². The van der Waals surface area contributed by atoms with Crippen molar-refractivity contribution in [3.8, 4) is 0 Å². The van der Waals surface area contributed by atoms with E-state index in [4.69, 9.17) is 9.73 Å². The Bertz CT molecular complexity index is 571. The van der Waals surface area contributed by atoms with Gasteiger partial charge in [0.05, 0.1) is 0 Å². The van der Waals surface area contributed by atoms with Gasteiger partial charge in [-0.2, -0.15) is 0 Å². The summed E-state index contributed by atoms with van der Waals surface area (Å²) in [6.07, 6.45) is 5.70. The van der Waals surface area contributed by atoms with E-state index in [1.807, 2.05) is 18.5 Å². The number of aliphatic imine (C=N–C) groups is 1. The van der Waals surface area contributed by atoms with E-state index in [0.29, 0.717) is 12.6 Å². The fourth-order valence-electron chi connectivity index (χ4n) is 3.20. The SMILES string of the molecule is CCCCNC(=NCc1nnc(C)n1C)NC1CCN(CCCOC)CC1.I. The van der Waals surface area contributed by atoms with Crippen LogP contribution in [0, 0.1) is 6.92 Å². The number of guanidine groups is 1. The predicted octanol–water partition coefficient (Wildman–Crippen LogP) is 2.08. The summed E-state index contributed by atoms with van der Waals surface area (Å²) in [6, 6.07) is 0.470. The maximum absolute atomic E-state index is 5.15. The Hall–Kier alpha value is -0.940. The second kappa shape index (κ2) is 14.1. The molecule has 0 saturated carbocycles. The van der Waals surface area contributed by atoms with Crippen molar-refractivity contribution in [3.63, 3.8) is 0 Å². The maximum atomic E-state index is 5.15. The predicted molar refractivity (Wildman–Crippen MR) is 124 cm³/mol. The van der Waals surface area contributed by atoms with Crippen molar-refractivity contribution in [3.05, 3.63) is 11.6 Å². The Morgan fingerprint density at radius 1 is 1.25 bits per heavy atom. The van der Waals surface area contributed by atoms with E-state index in [-0.39, 0.29) is 24.0 Å². The van der Waals surface area contributed by atoms with Gasteiger partial charge in [-0.25, -0.2) is 4.99 Å². The van der Waals surface area contributed by atoms with Crippen LogP contribution in [0.1, 0.15) is 50.7 Å². The first-order valence-electron chi connectivity index (χ1n) is 10.2. The molecule has 1 aromatic heterocycles. The van der Waals surface area contributed by atoms with Gasteiger partial charge in [-0.15, -0.1) is 34.2 Å². The number of hydrogen-bond donors (Lipinski definition) is 2. The molecule has 1 aromatic rings. The van der Waals surface area contributed by atoms with E-state index in [1.54, 1.807) is 7.11 Å². The van der Waals surface area contributed by atoms with E-state index < -0.39 is 0 Å². The van der Waals surface area contributed by atoms with Crippen LogP contribution in [0.2, 0.25) is 0 Å². The van der Waals surface area contributed by atoms with Crippen molar-refractivity contribution in [2.24, 2.45) is 12.0 Å². The van der Waals surface area contributed by atoms with Crippen LogP contribution in [0.5, 0.6) is 0 Å². The van der Waals surface area contributed by atoms with Crippen molar-refractivity contribution in [1.82, 2.24) is 30.3 Å². The van der Waals surface area contributed by atoms with Gasteiger partial charge in [0.2, 0.25) is 0 Å². The summed E-state index contributed by atoms with van der Waals surface area (Å²) in [6.45, 7) is 9.87. The number of piperidine rings is 1. The van der Waals surface area contributed by atoms with Crippen LogP contribution in [0.3, 0.4) is 0 Å². The minimum atomic E-state index is 0. The molecule has 0 aromatic carbocycles. The maximum Gasteiger partial charge on any atom is 0.191 e. The van der Waals surface area contributed by atoms with Gasteiger partial charge >= 0.3 is 0 Å². The smallest absolute Gasteiger partial charge is 0.191 e. The monoisotopic (exact) mass is 507 g/mol. The summed E-state index contributed by atoms with van der Waals surface area (Å²) in [7, 11) is 3.75. The highest BCUT2D eigenvalue weighted by atomic mass is 127. The van der Waals surface area contributed by atoms with Crippen molar-refractivity contribution < 1.29 is 4.74 Å². The second-order valence-corrected chi connectivity index (χ2v) is 7.27. The third-order valence-corrected chi connectivity index (χ3v) is 5.14. The highest BCUT2D eigenvalue weighted by molar-refractivity contribution is 14.0. The van der Waals surface area contributed by atoms with Crippen LogP contribution < -0.4 is 10.6 Å². The normalized spacial score (nSPS) is 16.1. The fourth-order valence-corrected chi connectivity index (χ4v) is 3.20. The standard InChI is InChI=1S/C19H37N7O.HI/c1-5-6-10-20-19(21-15-18-24-23-16(2)25(18)3)22-17-8-12-26(13-9-17)11-7-14-27-4;/h17H,5-15H2,1-4H3,(H2,20,21,22);1H. The number of halogens is 1. The van der Waals surface area contributed by atoms with Crippen LogP contribution in [-0.2, 0) is 18.3 Å². The fraction of sp³-hybridized carbons (Fsp3) is 0.842. The summed E-state index contributed by atoms with van der Waals surface area (Å²) in [5.74, 6) is 2.69. The highest BCUT2D eigenvalue weighted by Gasteiger charge is 2.19. The third-order valence-electron chi connectivity index (χ3n) is 5.14. The molecule has 2 rings (SSSR count). The van der Waals surface area contributed by atoms with Gasteiger partial charge in [-0.1, -0.05) is 13.3 Å². The molecule has 2 heterocycles. The summed E-state index contributed by atoms with van der Waals surface area (Å²) in [4.78, 5) is 7.28. The third kappa shape index (κ3) is 8.60. The van der Waals surface area contributed by atoms with Gasteiger partial charge < -0.3 is 24.8 Å². The average Bonchev–Trinajstić information content (AvgIpc) is 2.99. The van der Waals surface area contributed by atoms with Crippen LogP contribution >= 0.6 is 24.0 Å². The van der Waals surface area contributed by atoms with Gasteiger partial charge in [-0.05, 0) is 32.6 Å². The largest absolute Gasteiger partial charge is 0.385 e. The number of aryl methyl sites for hydroxylation is 1. The molecule has 2 N–H and O–H groups in total. The molecule has 0 amide bonds. The molecular formula is C19H38IN7O. The van der Waals surface area contributed by atoms with E-state index in [1.165, 1.54) is 6.42 Å². The number of unbranched alkanes of at least 4 members (excludes halogenated alkanes) is 1. The molecule has 0 unspecified atom stereocenters. The number of nitrogens with zero attached hydrogens (tertiary/aromatic N) is 5. The molecule has 1 saturated heterocycles. The highest BCUT2D eigenvalue weighted by Crippen LogP contribution is 2.11. The number of nitrogens with one attached hydrogen (secondary N) is 2. The lowest BCUT2D eigenvalue weighted by molar-refractivity contribution is 0.155. The molecule has 0 radical (unpaired) electrons. The van der Waals surface area contributed by atoms with Crippen molar-refractivity contribution in [1.29, 1.82) is 0 Å². The Kier molecular flexibility index (Phi) is 12.6. The lowest BCUT2D eigenvalue weighted by atomic mass is 10.1. The average molecular weight is 507 g/mol. The zero-order chi connectivity index (χ0) is 19.5. The van der Waals surface area contributed by atoms with E-state index in [2.05, 4.69) is 32.7 Å². The van der Waals surface area contributed by atoms with Gasteiger partial charge in [-0.3, -0.25) is 0 Å². The van der Waals surface area contributed by atoms with Crippen LogP contribution in [0.25, 0.3) is 0 Å². The summed E-state index contributed by atoms with van der Waals surface area (Å²) in [5.41, 5.74) is 0.